The molecule has 0 fully saturated rings. The van der Waals surface area contributed by atoms with Gasteiger partial charge in [0.15, 0.2) is 11.5 Å². The second kappa shape index (κ2) is 10.6. The lowest BCUT2D eigenvalue weighted by atomic mass is 10.2. The Bertz CT molecular complexity index is 745. The largest absolute Gasteiger partial charge is 0.493 e. The molecule has 27 heavy (non-hydrogen) atoms. The zero-order valence-electron chi connectivity index (χ0n) is 14.7. The van der Waals surface area contributed by atoms with Crippen LogP contribution in [0.15, 0.2) is 22.7 Å². The number of halogens is 3. The number of hydrogen-bond acceptors (Lipinski definition) is 7. The van der Waals surface area contributed by atoms with E-state index in [2.05, 4.69) is 14.9 Å². The van der Waals surface area contributed by atoms with Crippen LogP contribution in [0.4, 0.5) is 8.78 Å². The molecular formula is C16H20ClF2N3O5. The molecular weight excluding hydrogens is 388 g/mol. The molecule has 0 atom stereocenters. The summed E-state index contributed by atoms with van der Waals surface area (Å²) in [5, 5.41) is 12.8. The Hall–Kier alpha value is -2.46. The molecule has 2 rings (SSSR count). The molecule has 0 saturated heterocycles. The van der Waals surface area contributed by atoms with Gasteiger partial charge in [0, 0.05) is 5.56 Å². The number of methoxy groups -OCH3 is 1. The molecule has 1 aromatic carbocycles. The maximum atomic E-state index is 12.4. The number of carboxylic acids is 1. The Morgan fingerprint density at radius 2 is 2.11 bits per heavy atom. The predicted molar refractivity (Wildman–Crippen MR) is 93.4 cm³/mol. The van der Waals surface area contributed by atoms with Gasteiger partial charge in [0.05, 0.1) is 20.2 Å². The van der Waals surface area contributed by atoms with Crippen LogP contribution in [0.5, 0.6) is 11.5 Å². The van der Waals surface area contributed by atoms with E-state index in [0.717, 1.165) is 6.42 Å². The third-order valence-corrected chi connectivity index (χ3v) is 3.36. The van der Waals surface area contributed by atoms with Crippen LogP contribution in [0.3, 0.4) is 0 Å². The summed E-state index contributed by atoms with van der Waals surface area (Å²) in [5.74, 6) is -0.467. The van der Waals surface area contributed by atoms with Crippen molar-refractivity contribution in [1.82, 2.24) is 15.0 Å². The van der Waals surface area contributed by atoms with Gasteiger partial charge in [-0.25, -0.2) is 0 Å². The Labute approximate surface area is 160 Å². The number of benzene rings is 1. The van der Waals surface area contributed by atoms with Crippen LogP contribution < -0.4 is 9.47 Å². The third kappa shape index (κ3) is 6.65. The van der Waals surface area contributed by atoms with Gasteiger partial charge in [0.1, 0.15) is 0 Å². The fourth-order valence-electron chi connectivity index (χ4n) is 2.35. The average molecular weight is 408 g/mol. The van der Waals surface area contributed by atoms with E-state index >= 15 is 0 Å². The van der Waals surface area contributed by atoms with Crippen LogP contribution in [0.2, 0.25) is 0 Å². The molecule has 11 heteroatoms. The molecule has 0 amide bonds. The van der Waals surface area contributed by atoms with Crippen LogP contribution in [-0.4, -0.2) is 52.9 Å². The van der Waals surface area contributed by atoms with E-state index in [0.29, 0.717) is 12.1 Å². The summed E-state index contributed by atoms with van der Waals surface area (Å²) >= 11 is 0. The zero-order chi connectivity index (χ0) is 19.1. The number of nitrogens with zero attached hydrogens (tertiary/aromatic N) is 3. The molecule has 8 nitrogen and oxygen atoms in total. The summed E-state index contributed by atoms with van der Waals surface area (Å²) in [7, 11) is 1.33. The molecule has 0 unspecified atom stereocenters. The molecule has 0 aliphatic heterocycles. The van der Waals surface area contributed by atoms with E-state index in [9.17, 15) is 13.6 Å². The maximum absolute atomic E-state index is 12.4. The number of aromatic nitrogens is 2. The Morgan fingerprint density at radius 1 is 1.37 bits per heavy atom. The van der Waals surface area contributed by atoms with E-state index in [-0.39, 0.29) is 48.7 Å². The van der Waals surface area contributed by atoms with Crippen molar-refractivity contribution in [2.75, 3.05) is 20.2 Å². The van der Waals surface area contributed by atoms with Gasteiger partial charge in [0.25, 0.3) is 0 Å². The maximum Gasteiger partial charge on any atom is 0.387 e. The number of alkyl halides is 2. The van der Waals surface area contributed by atoms with Gasteiger partial charge in [-0.3, -0.25) is 9.69 Å². The van der Waals surface area contributed by atoms with Crippen molar-refractivity contribution < 1.29 is 32.7 Å². The first-order valence-corrected chi connectivity index (χ1v) is 7.82. The Balaban J connectivity index is 0.00000364. The lowest BCUT2D eigenvalue weighted by Gasteiger charge is -2.16. The highest BCUT2D eigenvalue weighted by atomic mass is 35.5. The zero-order valence-corrected chi connectivity index (χ0v) is 15.5. The molecule has 0 bridgehead atoms. The minimum absolute atomic E-state index is 0. The summed E-state index contributed by atoms with van der Waals surface area (Å²) in [6.45, 7) is -0.415. The van der Waals surface area contributed by atoms with Gasteiger partial charge in [-0.1, -0.05) is 12.1 Å². The first-order chi connectivity index (χ1) is 12.4. The summed E-state index contributed by atoms with van der Waals surface area (Å²) in [6, 6.07) is 4.27. The van der Waals surface area contributed by atoms with Crippen LogP contribution in [-0.2, 0) is 11.3 Å². The normalized spacial score (nSPS) is 10.7. The Kier molecular flexibility index (Phi) is 8.89. The highest BCUT2D eigenvalue weighted by molar-refractivity contribution is 5.85. The fraction of sp³-hybridized carbons (Fsp3) is 0.438. The summed E-state index contributed by atoms with van der Waals surface area (Å²) in [5.41, 5.74) is 0.485. The van der Waals surface area contributed by atoms with E-state index in [1.165, 1.54) is 25.3 Å². The monoisotopic (exact) mass is 407 g/mol. The van der Waals surface area contributed by atoms with E-state index in [1.54, 1.807) is 4.90 Å². The summed E-state index contributed by atoms with van der Waals surface area (Å²) in [6.07, 6.45) is 0.775. The van der Waals surface area contributed by atoms with Crippen molar-refractivity contribution in [3.8, 4) is 22.9 Å². The van der Waals surface area contributed by atoms with Crippen LogP contribution >= 0.6 is 12.4 Å². The smallest absolute Gasteiger partial charge is 0.387 e. The average Bonchev–Trinajstić information content (AvgIpc) is 3.02. The number of carbonyl (C=O) groups is 1. The number of aliphatic carboxylic acids is 1. The van der Waals surface area contributed by atoms with Crippen molar-refractivity contribution in [2.45, 2.75) is 26.5 Å². The quantitative estimate of drug-likeness (QED) is 0.641. The van der Waals surface area contributed by atoms with Gasteiger partial charge in [0.2, 0.25) is 11.7 Å². The highest BCUT2D eigenvalue weighted by Gasteiger charge is 2.17. The minimum atomic E-state index is -2.97. The fourth-order valence-corrected chi connectivity index (χ4v) is 2.35. The van der Waals surface area contributed by atoms with Crippen molar-refractivity contribution in [3.05, 3.63) is 24.1 Å². The third-order valence-electron chi connectivity index (χ3n) is 3.36. The summed E-state index contributed by atoms with van der Waals surface area (Å²) < 4.78 is 39.3. The van der Waals surface area contributed by atoms with E-state index in [4.69, 9.17) is 14.4 Å². The number of ether oxygens (including phenoxy) is 2. The predicted octanol–water partition coefficient (Wildman–Crippen LogP) is 3.07. The van der Waals surface area contributed by atoms with Gasteiger partial charge < -0.3 is 19.1 Å². The molecule has 0 aliphatic carbocycles. The van der Waals surface area contributed by atoms with E-state index in [1.807, 2.05) is 6.92 Å². The molecule has 1 N–H and O–H groups in total. The highest BCUT2D eigenvalue weighted by Crippen LogP contribution is 2.32. The second-order valence-electron chi connectivity index (χ2n) is 5.36. The molecule has 0 spiro atoms. The van der Waals surface area contributed by atoms with Gasteiger partial charge in [-0.2, -0.15) is 13.8 Å². The van der Waals surface area contributed by atoms with Crippen molar-refractivity contribution in [3.63, 3.8) is 0 Å². The van der Waals surface area contributed by atoms with Crippen LogP contribution in [0.25, 0.3) is 11.4 Å². The van der Waals surface area contributed by atoms with Gasteiger partial charge >= 0.3 is 12.6 Å². The number of hydrogen-bond donors (Lipinski definition) is 1. The summed E-state index contributed by atoms with van der Waals surface area (Å²) in [4.78, 5) is 16.8. The molecule has 0 aliphatic rings. The topological polar surface area (TPSA) is 97.9 Å². The Morgan fingerprint density at radius 3 is 2.70 bits per heavy atom. The molecule has 1 aromatic heterocycles. The van der Waals surface area contributed by atoms with Gasteiger partial charge in [-0.05, 0) is 31.2 Å². The molecule has 150 valence electrons. The van der Waals surface area contributed by atoms with Crippen LogP contribution in [0.1, 0.15) is 19.2 Å². The first-order valence-electron chi connectivity index (χ1n) is 7.82. The molecule has 0 saturated carbocycles. The molecule has 0 radical (unpaired) electrons. The first kappa shape index (κ1) is 22.6. The van der Waals surface area contributed by atoms with Crippen LogP contribution in [0, 0.1) is 0 Å². The SMILES string of the molecule is CCCN(CC(=O)O)Cc1nc(-c2ccc(OC(F)F)c(OC)c2)no1.Cl. The van der Waals surface area contributed by atoms with Crippen molar-refractivity contribution in [1.29, 1.82) is 0 Å². The minimum Gasteiger partial charge on any atom is -0.493 e. The van der Waals surface area contributed by atoms with E-state index < -0.39 is 12.6 Å². The van der Waals surface area contributed by atoms with Crippen molar-refractivity contribution >= 4 is 18.4 Å². The molecule has 2 aromatic rings. The number of carboxylic acid groups (broad SMARTS) is 1. The number of rotatable bonds is 10. The van der Waals surface area contributed by atoms with Crippen molar-refractivity contribution in [2.24, 2.45) is 0 Å². The standard InChI is InChI=1S/C16H19F2N3O5.ClH/c1-3-6-21(9-14(22)23)8-13-19-15(20-26-13)10-4-5-11(25-16(17)18)12(7-10)24-2;/h4-5,7,16H,3,6,8-9H2,1-2H3,(H,22,23);1H. The molecule has 1 heterocycles. The lowest BCUT2D eigenvalue weighted by Crippen LogP contribution is -2.30. The lowest BCUT2D eigenvalue weighted by molar-refractivity contribution is -0.138. The second-order valence-corrected chi connectivity index (χ2v) is 5.36. The van der Waals surface area contributed by atoms with Gasteiger partial charge in [-0.15, -0.1) is 12.4 Å².